The molecule has 0 bridgehead atoms. The Morgan fingerprint density at radius 3 is 1.71 bits per heavy atom. The van der Waals surface area contributed by atoms with Crippen LogP contribution in [0.2, 0.25) is 0 Å². The minimum atomic E-state index is 0.324. The Kier molecular flexibility index (Phi) is 7.03. The largest absolute Gasteiger partial charge is 0.310 e. The maximum atomic E-state index is 2.42. The topological polar surface area (TPSA) is 3.24 Å². The lowest BCUT2D eigenvalue weighted by molar-refractivity contribution is 0.704. The molecular formula is C50H35N. The molecule has 8 aromatic carbocycles. The van der Waals surface area contributed by atoms with Crippen molar-refractivity contribution in [3.05, 3.63) is 210 Å². The number of allylic oxidation sites excluding steroid dienone is 4. The van der Waals surface area contributed by atoms with E-state index < -0.39 is 0 Å². The molecule has 2 unspecified atom stereocenters. The monoisotopic (exact) mass is 649 g/mol. The SMILES string of the molecule is C1=CC2C=c3ccccc3=C(c3ccc(N(c4ccc(-c5c6ccccc6cc6ccccc56)cc4)c4ccc5ccccc5c4)cc3)C2C=C1. The molecule has 0 spiro atoms. The first-order valence-electron chi connectivity index (χ1n) is 17.8. The summed E-state index contributed by atoms with van der Waals surface area (Å²) in [6.07, 6.45) is 11.5. The van der Waals surface area contributed by atoms with Gasteiger partial charge in [-0.3, -0.25) is 0 Å². The van der Waals surface area contributed by atoms with Gasteiger partial charge in [0, 0.05) is 28.9 Å². The molecule has 1 heteroatoms. The molecule has 51 heavy (non-hydrogen) atoms. The van der Waals surface area contributed by atoms with E-state index in [1.54, 1.807) is 0 Å². The van der Waals surface area contributed by atoms with Gasteiger partial charge in [-0.1, -0.05) is 158 Å². The second-order valence-corrected chi connectivity index (χ2v) is 13.7. The van der Waals surface area contributed by atoms with Crippen molar-refractivity contribution in [2.75, 3.05) is 4.90 Å². The molecule has 0 saturated heterocycles. The van der Waals surface area contributed by atoms with Gasteiger partial charge in [-0.25, -0.2) is 0 Å². The molecule has 0 radical (unpaired) electrons. The van der Waals surface area contributed by atoms with Gasteiger partial charge in [0.1, 0.15) is 0 Å². The third kappa shape index (κ3) is 5.09. The maximum Gasteiger partial charge on any atom is 0.0468 e. The molecule has 2 aliphatic carbocycles. The van der Waals surface area contributed by atoms with Gasteiger partial charge in [-0.15, -0.1) is 0 Å². The summed E-state index contributed by atoms with van der Waals surface area (Å²) in [5.74, 6) is 0.691. The molecule has 0 amide bonds. The van der Waals surface area contributed by atoms with Gasteiger partial charge in [-0.2, -0.15) is 0 Å². The Balaban J connectivity index is 1.11. The third-order valence-corrected chi connectivity index (χ3v) is 10.7. The average Bonchev–Trinajstić information content (AvgIpc) is 3.20. The Hall–Kier alpha value is -6.44. The van der Waals surface area contributed by atoms with E-state index in [0.717, 1.165) is 17.1 Å². The second kappa shape index (κ2) is 12.2. The van der Waals surface area contributed by atoms with Crippen molar-refractivity contribution in [3.8, 4) is 11.1 Å². The normalized spacial score (nSPS) is 16.2. The standard InChI is InChI=1S/C50H35N/c1-2-12-37-33-44(30-21-34(37)11-1)51(42-26-22-35(23-27-42)49-45-17-7-3-13-38(45)31-39-14-4-8-18-46(39)49)43-28-24-36(25-29-43)50-47-19-9-5-15-40(47)32-41-16-6-10-20-48(41)50/h1-33,38,45H. The molecule has 0 N–H and O–H groups in total. The summed E-state index contributed by atoms with van der Waals surface area (Å²) in [6, 6.07) is 62.4. The van der Waals surface area contributed by atoms with Crippen LogP contribution in [0.4, 0.5) is 17.1 Å². The van der Waals surface area contributed by atoms with Gasteiger partial charge in [-0.05, 0) is 107 Å². The highest BCUT2D eigenvalue weighted by Crippen LogP contribution is 2.41. The van der Waals surface area contributed by atoms with Crippen molar-refractivity contribution in [2.45, 2.75) is 0 Å². The van der Waals surface area contributed by atoms with Crippen molar-refractivity contribution in [1.29, 1.82) is 0 Å². The summed E-state index contributed by atoms with van der Waals surface area (Å²) in [6.45, 7) is 0. The molecule has 0 fully saturated rings. The summed E-state index contributed by atoms with van der Waals surface area (Å²) in [5.41, 5.74) is 8.55. The van der Waals surface area contributed by atoms with Crippen molar-refractivity contribution in [2.24, 2.45) is 11.8 Å². The number of hydrogen-bond acceptors (Lipinski definition) is 1. The molecular weight excluding hydrogens is 615 g/mol. The molecule has 0 saturated carbocycles. The van der Waals surface area contributed by atoms with Crippen LogP contribution in [0.1, 0.15) is 5.56 Å². The fourth-order valence-corrected chi connectivity index (χ4v) is 8.35. The number of fused-ring (bicyclic) bond motifs is 5. The van der Waals surface area contributed by atoms with Crippen molar-refractivity contribution in [1.82, 2.24) is 0 Å². The lowest BCUT2D eigenvalue weighted by Crippen LogP contribution is -2.36. The minimum absolute atomic E-state index is 0.324. The summed E-state index contributed by atoms with van der Waals surface area (Å²) < 4.78 is 0. The summed E-state index contributed by atoms with van der Waals surface area (Å²) in [7, 11) is 0. The van der Waals surface area contributed by atoms with E-state index >= 15 is 0 Å². The van der Waals surface area contributed by atoms with Crippen LogP contribution in [-0.2, 0) is 0 Å². The molecule has 240 valence electrons. The molecule has 10 rings (SSSR count). The van der Waals surface area contributed by atoms with E-state index in [0.29, 0.717) is 11.8 Å². The predicted molar refractivity (Wildman–Crippen MR) is 217 cm³/mol. The van der Waals surface area contributed by atoms with E-state index in [-0.39, 0.29) is 0 Å². The molecule has 8 aromatic rings. The average molecular weight is 650 g/mol. The molecule has 1 nitrogen and oxygen atoms in total. The van der Waals surface area contributed by atoms with E-state index in [4.69, 9.17) is 0 Å². The van der Waals surface area contributed by atoms with E-state index in [2.05, 4.69) is 205 Å². The first-order chi connectivity index (χ1) is 25.3. The van der Waals surface area contributed by atoms with Gasteiger partial charge in [0.25, 0.3) is 0 Å². The van der Waals surface area contributed by atoms with Gasteiger partial charge in [0.05, 0.1) is 0 Å². The van der Waals surface area contributed by atoms with E-state index in [1.807, 2.05) is 0 Å². The fourth-order valence-electron chi connectivity index (χ4n) is 8.35. The number of nitrogens with zero attached hydrogens (tertiary/aromatic N) is 1. The highest BCUT2D eigenvalue weighted by molar-refractivity contribution is 6.12. The summed E-state index contributed by atoms with van der Waals surface area (Å²) in [5, 5.41) is 10.2. The van der Waals surface area contributed by atoms with Crippen LogP contribution in [-0.4, -0.2) is 0 Å². The number of anilines is 3. The number of hydrogen-bond donors (Lipinski definition) is 0. The van der Waals surface area contributed by atoms with Gasteiger partial charge in [0.2, 0.25) is 0 Å². The van der Waals surface area contributed by atoms with Crippen LogP contribution in [0.5, 0.6) is 0 Å². The predicted octanol–water partition coefficient (Wildman–Crippen LogP) is 11.6. The Morgan fingerprint density at radius 2 is 0.980 bits per heavy atom. The van der Waals surface area contributed by atoms with E-state index in [9.17, 15) is 0 Å². The maximum absolute atomic E-state index is 2.42. The highest BCUT2D eigenvalue weighted by atomic mass is 15.1. The molecule has 0 aliphatic heterocycles. The minimum Gasteiger partial charge on any atom is -0.310 e. The Labute approximate surface area is 298 Å². The Bertz CT molecular complexity index is 2750. The van der Waals surface area contributed by atoms with Gasteiger partial charge >= 0.3 is 0 Å². The zero-order valence-electron chi connectivity index (χ0n) is 28.2. The molecule has 0 aromatic heterocycles. The lowest BCUT2D eigenvalue weighted by atomic mass is 9.75. The van der Waals surface area contributed by atoms with Crippen LogP contribution in [0.3, 0.4) is 0 Å². The van der Waals surface area contributed by atoms with E-state index in [1.165, 1.54) is 65.0 Å². The molecule has 2 atom stereocenters. The number of rotatable bonds is 5. The zero-order chi connectivity index (χ0) is 33.7. The lowest BCUT2D eigenvalue weighted by Gasteiger charge is -2.29. The smallest absolute Gasteiger partial charge is 0.0468 e. The second-order valence-electron chi connectivity index (χ2n) is 13.7. The van der Waals surface area contributed by atoms with Crippen LogP contribution in [0.15, 0.2) is 194 Å². The number of benzene rings is 8. The van der Waals surface area contributed by atoms with Crippen molar-refractivity contribution in [3.63, 3.8) is 0 Å². The summed E-state index contributed by atoms with van der Waals surface area (Å²) in [4.78, 5) is 2.39. The van der Waals surface area contributed by atoms with Crippen molar-refractivity contribution >= 4 is 61.0 Å². The van der Waals surface area contributed by atoms with Crippen LogP contribution < -0.4 is 15.3 Å². The third-order valence-electron chi connectivity index (χ3n) is 10.7. The summed E-state index contributed by atoms with van der Waals surface area (Å²) >= 11 is 0. The van der Waals surface area contributed by atoms with Crippen LogP contribution in [0, 0.1) is 11.8 Å². The Morgan fingerprint density at radius 1 is 0.412 bits per heavy atom. The highest BCUT2D eigenvalue weighted by Gasteiger charge is 2.26. The van der Waals surface area contributed by atoms with Crippen LogP contribution in [0.25, 0.3) is 55.1 Å². The molecule has 0 heterocycles. The zero-order valence-corrected chi connectivity index (χ0v) is 28.2. The van der Waals surface area contributed by atoms with Gasteiger partial charge < -0.3 is 4.90 Å². The first kappa shape index (κ1) is 29.5. The quantitative estimate of drug-likeness (QED) is 0.168. The fraction of sp³-hybridized carbons (Fsp3) is 0.0400. The van der Waals surface area contributed by atoms with Crippen LogP contribution >= 0.6 is 0 Å². The van der Waals surface area contributed by atoms with Gasteiger partial charge in [0.15, 0.2) is 0 Å². The first-order valence-corrected chi connectivity index (χ1v) is 17.8. The molecule has 2 aliphatic rings. The van der Waals surface area contributed by atoms with Crippen molar-refractivity contribution < 1.29 is 0 Å².